The lowest BCUT2D eigenvalue weighted by molar-refractivity contribution is -0.147. The molecular weight excluding hydrogens is 280 g/mol. The van der Waals surface area contributed by atoms with Gasteiger partial charge in [-0.1, -0.05) is 6.92 Å². The van der Waals surface area contributed by atoms with Gasteiger partial charge in [0.2, 0.25) is 5.91 Å². The molecule has 3 atom stereocenters. The van der Waals surface area contributed by atoms with Gasteiger partial charge in [-0.05, 0) is 45.1 Å². The van der Waals surface area contributed by atoms with Gasteiger partial charge in [-0.25, -0.2) is 0 Å². The molecule has 3 aliphatic heterocycles. The quantitative estimate of drug-likeness (QED) is 0.728. The Morgan fingerprint density at radius 3 is 2.50 bits per heavy atom. The van der Waals surface area contributed by atoms with Crippen LogP contribution in [0.15, 0.2) is 0 Å². The van der Waals surface area contributed by atoms with Crippen molar-refractivity contribution in [1.82, 2.24) is 9.80 Å². The molecule has 3 saturated heterocycles. The Labute approximate surface area is 133 Å². The SMILES string of the molecule is CC1CCN(C(=O)C2CCCN(C3CC(C)OC3=O)C2)CC1. The maximum absolute atomic E-state index is 12.7. The van der Waals surface area contributed by atoms with Gasteiger partial charge in [0.25, 0.3) is 0 Å². The number of rotatable bonds is 2. The third-order valence-electron chi connectivity index (χ3n) is 5.48. The van der Waals surface area contributed by atoms with Gasteiger partial charge in [0.1, 0.15) is 12.1 Å². The van der Waals surface area contributed by atoms with Crippen molar-refractivity contribution >= 4 is 11.9 Å². The van der Waals surface area contributed by atoms with E-state index in [9.17, 15) is 9.59 Å². The summed E-state index contributed by atoms with van der Waals surface area (Å²) < 4.78 is 5.27. The van der Waals surface area contributed by atoms with Gasteiger partial charge < -0.3 is 9.64 Å². The molecule has 0 radical (unpaired) electrons. The standard InChI is InChI=1S/C17H28N2O3/c1-12-5-8-18(9-6-12)16(20)14-4-3-7-19(11-14)15-10-13(2)22-17(15)21/h12-15H,3-11H2,1-2H3. The third kappa shape index (κ3) is 3.29. The van der Waals surface area contributed by atoms with Crippen LogP contribution in [0.5, 0.6) is 0 Å². The van der Waals surface area contributed by atoms with Crippen molar-refractivity contribution in [2.24, 2.45) is 11.8 Å². The van der Waals surface area contributed by atoms with Gasteiger partial charge in [-0.2, -0.15) is 0 Å². The fourth-order valence-corrected chi connectivity index (χ4v) is 4.01. The van der Waals surface area contributed by atoms with E-state index >= 15 is 0 Å². The van der Waals surface area contributed by atoms with Crippen LogP contribution in [0, 0.1) is 11.8 Å². The highest BCUT2D eigenvalue weighted by Crippen LogP contribution is 2.27. The first kappa shape index (κ1) is 15.8. The van der Waals surface area contributed by atoms with Crippen molar-refractivity contribution in [3.8, 4) is 0 Å². The molecule has 0 bridgehead atoms. The Hall–Kier alpha value is -1.10. The molecule has 0 aromatic heterocycles. The predicted molar refractivity (Wildman–Crippen MR) is 83.2 cm³/mol. The first-order chi connectivity index (χ1) is 10.5. The van der Waals surface area contributed by atoms with Crippen molar-refractivity contribution in [1.29, 1.82) is 0 Å². The lowest BCUT2D eigenvalue weighted by Gasteiger charge is -2.38. The molecule has 124 valence electrons. The van der Waals surface area contributed by atoms with Crippen LogP contribution in [-0.4, -0.2) is 60.0 Å². The smallest absolute Gasteiger partial charge is 0.323 e. The van der Waals surface area contributed by atoms with Crippen LogP contribution in [0.4, 0.5) is 0 Å². The molecule has 3 heterocycles. The van der Waals surface area contributed by atoms with Crippen molar-refractivity contribution in [2.45, 2.75) is 58.1 Å². The first-order valence-corrected chi connectivity index (χ1v) is 8.78. The van der Waals surface area contributed by atoms with Crippen molar-refractivity contribution in [2.75, 3.05) is 26.2 Å². The molecule has 0 spiro atoms. The van der Waals surface area contributed by atoms with Crippen molar-refractivity contribution in [3.05, 3.63) is 0 Å². The average Bonchev–Trinajstić information content (AvgIpc) is 2.86. The zero-order chi connectivity index (χ0) is 15.7. The highest BCUT2D eigenvalue weighted by atomic mass is 16.6. The fourth-order valence-electron chi connectivity index (χ4n) is 4.01. The number of carbonyl (C=O) groups is 2. The summed E-state index contributed by atoms with van der Waals surface area (Å²) in [6, 6.07) is -0.132. The number of ether oxygens (including phenoxy) is 1. The zero-order valence-corrected chi connectivity index (χ0v) is 13.8. The second-order valence-corrected chi connectivity index (χ2v) is 7.34. The van der Waals surface area contributed by atoms with Crippen LogP contribution in [0.2, 0.25) is 0 Å². The highest BCUT2D eigenvalue weighted by Gasteiger charge is 2.40. The molecule has 22 heavy (non-hydrogen) atoms. The van der Waals surface area contributed by atoms with Crippen LogP contribution in [0.3, 0.4) is 0 Å². The number of cyclic esters (lactones) is 1. The summed E-state index contributed by atoms with van der Waals surface area (Å²) in [5.41, 5.74) is 0. The monoisotopic (exact) mass is 308 g/mol. The van der Waals surface area contributed by atoms with Crippen molar-refractivity contribution < 1.29 is 14.3 Å². The van der Waals surface area contributed by atoms with E-state index in [0.717, 1.165) is 64.2 Å². The molecule has 1 amide bonds. The van der Waals surface area contributed by atoms with E-state index in [1.165, 1.54) is 0 Å². The summed E-state index contributed by atoms with van der Waals surface area (Å²) in [6.07, 6.45) is 4.97. The summed E-state index contributed by atoms with van der Waals surface area (Å²) in [5.74, 6) is 0.996. The van der Waals surface area contributed by atoms with E-state index in [2.05, 4.69) is 11.8 Å². The summed E-state index contributed by atoms with van der Waals surface area (Å²) in [5, 5.41) is 0. The Morgan fingerprint density at radius 1 is 1.14 bits per heavy atom. The van der Waals surface area contributed by atoms with Crippen LogP contribution in [0.1, 0.15) is 46.0 Å². The lowest BCUT2D eigenvalue weighted by atomic mass is 9.92. The largest absolute Gasteiger partial charge is 0.461 e. The Balaban J connectivity index is 1.58. The number of hydrogen-bond donors (Lipinski definition) is 0. The van der Waals surface area contributed by atoms with Crippen LogP contribution in [0.25, 0.3) is 0 Å². The number of nitrogens with zero attached hydrogens (tertiary/aromatic N) is 2. The molecule has 5 heteroatoms. The second-order valence-electron chi connectivity index (χ2n) is 7.34. The molecular formula is C17H28N2O3. The summed E-state index contributed by atoms with van der Waals surface area (Å²) >= 11 is 0. The van der Waals surface area contributed by atoms with E-state index in [-0.39, 0.29) is 24.0 Å². The van der Waals surface area contributed by atoms with Crippen LogP contribution in [-0.2, 0) is 14.3 Å². The molecule has 3 rings (SSSR count). The normalized spacial score (nSPS) is 34.7. The minimum Gasteiger partial charge on any atom is -0.461 e. The van der Waals surface area contributed by atoms with E-state index in [1.807, 2.05) is 11.8 Å². The fraction of sp³-hybridized carbons (Fsp3) is 0.882. The zero-order valence-electron chi connectivity index (χ0n) is 13.8. The van der Waals surface area contributed by atoms with E-state index < -0.39 is 0 Å². The summed E-state index contributed by atoms with van der Waals surface area (Å²) in [4.78, 5) is 28.9. The molecule has 5 nitrogen and oxygen atoms in total. The van der Waals surface area contributed by atoms with Gasteiger partial charge in [0.15, 0.2) is 0 Å². The van der Waals surface area contributed by atoms with Gasteiger partial charge in [0.05, 0.1) is 5.92 Å². The van der Waals surface area contributed by atoms with Crippen molar-refractivity contribution in [3.63, 3.8) is 0 Å². The molecule has 0 aromatic carbocycles. The molecule has 3 aliphatic rings. The number of piperidine rings is 2. The molecule has 3 unspecified atom stereocenters. The lowest BCUT2D eigenvalue weighted by Crippen LogP contribution is -2.50. The second kappa shape index (κ2) is 6.57. The summed E-state index contributed by atoms with van der Waals surface area (Å²) in [6.45, 7) is 7.64. The van der Waals surface area contributed by atoms with Gasteiger partial charge in [-0.15, -0.1) is 0 Å². The number of likely N-dealkylation sites (tertiary alicyclic amines) is 2. The minimum atomic E-state index is -0.132. The summed E-state index contributed by atoms with van der Waals surface area (Å²) in [7, 11) is 0. The highest BCUT2D eigenvalue weighted by molar-refractivity contribution is 5.80. The molecule has 3 fully saturated rings. The topological polar surface area (TPSA) is 49.9 Å². The molecule has 0 N–H and O–H groups in total. The number of carbonyl (C=O) groups excluding carboxylic acids is 2. The van der Waals surface area contributed by atoms with E-state index in [4.69, 9.17) is 4.74 Å². The maximum atomic E-state index is 12.7. The van der Waals surface area contributed by atoms with Crippen LogP contribution < -0.4 is 0 Å². The predicted octanol–water partition coefficient (Wildman–Crippen LogP) is 1.66. The minimum absolute atomic E-state index is 0.0113. The molecule has 0 aliphatic carbocycles. The number of amides is 1. The Morgan fingerprint density at radius 2 is 1.86 bits per heavy atom. The third-order valence-corrected chi connectivity index (χ3v) is 5.48. The van der Waals surface area contributed by atoms with Gasteiger partial charge >= 0.3 is 5.97 Å². The molecule has 0 saturated carbocycles. The van der Waals surface area contributed by atoms with Gasteiger partial charge in [-0.3, -0.25) is 14.5 Å². The first-order valence-electron chi connectivity index (χ1n) is 8.78. The van der Waals surface area contributed by atoms with E-state index in [0.29, 0.717) is 5.91 Å². The van der Waals surface area contributed by atoms with E-state index in [1.54, 1.807) is 0 Å². The average molecular weight is 308 g/mol. The van der Waals surface area contributed by atoms with Crippen LogP contribution >= 0.6 is 0 Å². The maximum Gasteiger partial charge on any atom is 0.323 e. The Kier molecular flexibility index (Phi) is 4.71. The molecule has 0 aromatic rings. The number of esters is 1. The number of hydrogen-bond acceptors (Lipinski definition) is 4. The Bertz CT molecular complexity index is 432. The van der Waals surface area contributed by atoms with Gasteiger partial charge in [0, 0.05) is 26.1 Å².